The summed E-state index contributed by atoms with van der Waals surface area (Å²) in [5.41, 5.74) is 0. The van der Waals surface area contributed by atoms with Crippen molar-refractivity contribution in [3.63, 3.8) is 0 Å². The number of fused-ring (bicyclic) bond motifs is 1. The van der Waals surface area contributed by atoms with E-state index < -0.39 is 36.4 Å². The Morgan fingerprint density at radius 2 is 1.63 bits per heavy atom. The summed E-state index contributed by atoms with van der Waals surface area (Å²) < 4.78 is 30.6. The third-order valence-electron chi connectivity index (χ3n) is 4.10. The summed E-state index contributed by atoms with van der Waals surface area (Å²) in [4.78, 5) is 0. The normalized spacial score (nSPS) is 41.4. The van der Waals surface area contributed by atoms with Gasteiger partial charge in [-0.05, 0) is 39.0 Å². The Morgan fingerprint density at radius 1 is 1.00 bits per heavy atom. The lowest BCUT2D eigenvalue weighted by atomic mass is 10.0. The molecule has 1 saturated carbocycles. The van der Waals surface area contributed by atoms with Crippen LogP contribution in [0, 0.1) is 0 Å². The fraction of sp³-hybridized carbons (Fsp3) is 1.00. The second kappa shape index (κ2) is 5.14. The molecule has 5 nitrogen and oxygen atoms in total. The van der Waals surface area contributed by atoms with Gasteiger partial charge in [0.25, 0.3) is 0 Å². The van der Waals surface area contributed by atoms with E-state index in [4.69, 9.17) is 21.2 Å². The van der Waals surface area contributed by atoms with Gasteiger partial charge in [0.1, 0.15) is 5.22 Å². The van der Waals surface area contributed by atoms with Gasteiger partial charge < -0.3 is 21.2 Å². The lowest BCUT2D eigenvalue weighted by Gasteiger charge is -2.40. The number of hydrogen-bond donors (Lipinski definition) is 0. The molecule has 0 N–H and O–H groups in total. The van der Waals surface area contributed by atoms with Gasteiger partial charge in [-0.25, -0.2) is 0 Å². The molecule has 3 aliphatic rings. The first-order valence-electron chi connectivity index (χ1n) is 6.87. The van der Waals surface area contributed by atoms with Crippen LogP contribution in [0.25, 0.3) is 0 Å². The Labute approximate surface area is 121 Å². The minimum absolute atomic E-state index is 0.117. The molecule has 3 fully saturated rings. The zero-order valence-electron chi connectivity index (χ0n) is 11.9. The predicted octanol–water partition coefficient (Wildman–Crippen LogP) is 1.74. The van der Waals surface area contributed by atoms with Crippen molar-refractivity contribution in [1.82, 2.24) is 0 Å². The fourth-order valence-electron chi connectivity index (χ4n) is 3.29. The summed E-state index contributed by atoms with van der Waals surface area (Å²) in [6, 6.07) is 0. The molecule has 0 aromatic carbocycles. The summed E-state index contributed by atoms with van der Waals surface area (Å²) in [6.07, 6.45) is 5.06. The molecule has 3 radical (unpaired) electrons. The SMILES string of the molecule is C[Si]1O[Si](C)O[Si](C)(C23CCCCC2O3)O[Si](C)O1. The van der Waals surface area contributed by atoms with Gasteiger partial charge in [0.2, 0.25) is 0 Å². The van der Waals surface area contributed by atoms with Gasteiger partial charge in [-0.1, -0.05) is 12.8 Å². The molecule has 0 amide bonds. The summed E-state index contributed by atoms with van der Waals surface area (Å²) in [5, 5.41) is -0.117. The molecule has 0 spiro atoms. The van der Waals surface area contributed by atoms with Gasteiger partial charge in [-0.15, -0.1) is 0 Å². The lowest BCUT2D eigenvalue weighted by molar-refractivity contribution is 0.226. The van der Waals surface area contributed by atoms with E-state index in [9.17, 15) is 0 Å². The van der Waals surface area contributed by atoms with E-state index in [1.807, 2.05) is 19.6 Å². The molecule has 0 aromatic rings. The molecule has 3 rings (SSSR count). The molecule has 2 heterocycles. The molecule has 1 aliphatic carbocycles. The summed E-state index contributed by atoms with van der Waals surface area (Å²) in [6.45, 7) is 8.25. The Kier molecular flexibility index (Phi) is 3.95. The molecular formula is C10H21O5Si4. The molecule has 0 aromatic heterocycles. The highest BCUT2D eigenvalue weighted by molar-refractivity contribution is 6.83. The van der Waals surface area contributed by atoms with Gasteiger partial charge in [0.15, 0.2) is 0 Å². The summed E-state index contributed by atoms with van der Waals surface area (Å²) >= 11 is 0. The van der Waals surface area contributed by atoms with Crippen molar-refractivity contribution in [2.24, 2.45) is 0 Å². The fourth-order valence-corrected chi connectivity index (χ4v) is 16.2. The van der Waals surface area contributed by atoms with E-state index in [0.29, 0.717) is 6.10 Å². The number of hydrogen-bond acceptors (Lipinski definition) is 5. The van der Waals surface area contributed by atoms with Crippen LogP contribution in [0.5, 0.6) is 0 Å². The second-order valence-electron chi connectivity index (χ2n) is 5.57. The monoisotopic (exact) mass is 333 g/mol. The average Bonchev–Trinajstić information content (AvgIpc) is 3.01. The maximum Gasteiger partial charge on any atom is 0.362 e. The molecule has 19 heavy (non-hydrogen) atoms. The van der Waals surface area contributed by atoms with Gasteiger partial charge >= 0.3 is 36.4 Å². The van der Waals surface area contributed by atoms with Crippen molar-refractivity contribution in [3.8, 4) is 0 Å². The van der Waals surface area contributed by atoms with Crippen LogP contribution in [0.4, 0.5) is 0 Å². The zero-order valence-corrected chi connectivity index (χ0v) is 15.9. The molecule has 2 aliphatic heterocycles. The summed E-state index contributed by atoms with van der Waals surface area (Å²) in [5.74, 6) is 0. The van der Waals surface area contributed by atoms with Crippen LogP contribution >= 0.6 is 0 Å². The third kappa shape index (κ3) is 2.60. The topological polar surface area (TPSA) is 49.5 Å². The minimum Gasteiger partial charge on any atom is -0.414 e. The largest absolute Gasteiger partial charge is 0.414 e. The van der Waals surface area contributed by atoms with E-state index >= 15 is 0 Å². The van der Waals surface area contributed by atoms with E-state index in [1.54, 1.807) is 0 Å². The average molecular weight is 334 g/mol. The van der Waals surface area contributed by atoms with E-state index in [2.05, 4.69) is 6.55 Å². The highest BCUT2D eigenvalue weighted by Crippen LogP contribution is 2.54. The van der Waals surface area contributed by atoms with Crippen molar-refractivity contribution in [1.29, 1.82) is 0 Å². The zero-order chi connectivity index (χ0) is 13.7. The van der Waals surface area contributed by atoms with Gasteiger partial charge in [0, 0.05) is 0 Å². The van der Waals surface area contributed by atoms with Crippen molar-refractivity contribution >= 4 is 36.4 Å². The van der Waals surface area contributed by atoms with Crippen molar-refractivity contribution in [2.45, 2.75) is 63.2 Å². The van der Waals surface area contributed by atoms with Crippen LogP contribution in [0.2, 0.25) is 26.2 Å². The molecule has 9 heteroatoms. The smallest absolute Gasteiger partial charge is 0.362 e. The Hall–Kier alpha value is 0.668. The molecule has 2 atom stereocenters. The molecule has 107 valence electrons. The molecule has 2 saturated heterocycles. The Morgan fingerprint density at radius 3 is 2.21 bits per heavy atom. The van der Waals surface area contributed by atoms with E-state index in [-0.39, 0.29) is 5.22 Å². The third-order valence-corrected chi connectivity index (χ3v) is 16.3. The van der Waals surface area contributed by atoms with Gasteiger partial charge in [-0.2, -0.15) is 0 Å². The predicted molar refractivity (Wildman–Crippen MR) is 76.9 cm³/mol. The first-order chi connectivity index (χ1) is 8.95. The number of rotatable bonds is 1. The maximum atomic E-state index is 6.35. The van der Waals surface area contributed by atoms with E-state index in [1.165, 1.54) is 12.8 Å². The molecule has 0 bridgehead atoms. The second-order valence-corrected chi connectivity index (χ2v) is 14.5. The van der Waals surface area contributed by atoms with Crippen LogP contribution in [0.3, 0.4) is 0 Å². The Balaban J connectivity index is 1.80. The van der Waals surface area contributed by atoms with Crippen molar-refractivity contribution in [2.75, 3.05) is 0 Å². The van der Waals surface area contributed by atoms with Gasteiger partial charge in [-0.3, -0.25) is 0 Å². The molecule has 2 unspecified atom stereocenters. The van der Waals surface area contributed by atoms with Crippen molar-refractivity contribution < 1.29 is 21.2 Å². The number of epoxide rings is 1. The Bertz CT molecular complexity index is 345. The van der Waals surface area contributed by atoms with Crippen LogP contribution in [-0.2, 0) is 21.2 Å². The van der Waals surface area contributed by atoms with Crippen LogP contribution in [0.15, 0.2) is 0 Å². The molecular weight excluding hydrogens is 312 g/mol. The maximum absolute atomic E-state index is 6.35. The standard InChI is InChI=1S/C10H21O5Si4/c1-16-12-17(2)14-19(4,15-18(3)13-16)10-8-6-5-7-9(10)11-10/h9H,5-8H2,1-4H3. The van der Waals surface area contributed by atoms with E-state index in [0.717, 1.165) is 12.8 Å². The first-order valence-corrected chi connectivity index (χ1v) is 14.6. The number of ether oxygens (including phenoxy) is 1. The van der Waals surface area contributed by atoms with Crippen LogP contribution in [0.1, 0.15) is 25.7 Å². The highest BCUT2D eigenvalue weighted by atomic mass is 28.5. The van der Waals surface area contributed by atoms with Crippen molar-refractivity contribution in [3.05, 3.63) is 0 Å². The highest BCUT2D eigenvalue weighted by Gasteiger charge is 2.72. The van der Waals surface area contributed by atoms with Gasteiger partial charge in [0.05, 0.1) is 6.10 Å². The lowest BCUT2D eigenvalue weighted by Crippen LogP contribution is -2.62. The van der Waals surface area contributed by atoms with Crippen LogP contribution in [-0.4, -0.2) is 47.7 Å². The first kappa shape index (κ1) is 14.6. The minimum atomic E-state index is -2.39. The van der Waals surface area contributed by atoms with Crippen LogP contribution < -0.4 is 0 Å². The quantitative estimate of drug-likeness (QED) is 0.540. The summed E-state index contributed by atoms with van der Waals surface area (Å²) in [7, 11) is -6.19.